The van der Waals surface area contributed by atoms with Gasteiger partial charge in [-0.15, -0.1) is 0 Å². The zero-order chi connectivity index (χ0) is 16.7. The first-order chi connectivity index (χ1) is 10.8. The molecule has 1 saturated heterocycles. The SMILES string of the molecule is CC1(C)OB(C2=CCN(C(=O)C3CCCCC3)CC2)OC1(C)C. The van der Waals surface area contributed by atoms with Crippen LogP contribution in [0.15, 0.2) is 11.5 Å². The molecule has 0 unspecified atom stereocenters. The average Bonchev–Trinajstić information content (AvgIpc) is 2.76. The Labute approximate surface area is 140 Å². The van der Waals surface area contributed by atoms with Crippen molar-refractivity contribution in [3.63, 3.8) is 0 Å². The van der Waals surface area contributed by atoms with Crippen LogP contribution in [-0.2, 0) is 14.1 Å². The summed E-state index contributed by atoms with van der Waals surface area (Å²) in [6.07, 6.45) is 8.85. The number of hydrogen-bond donors (Lipinski definition) is 0. The summed E-state index contributed by atoms with van der Waals surface area (Å²) in [5, 5.41) is 0. The zero-order valence-corrected chi connectivity index (χ0v) is 15.1. The minimum atomic E-state index is -0.298. The van der Waals surface area contributed by atoms with Gasteiger partial charge in [-0.25, -0.2) is 0 Å². The molecule has 3 rings (SSSR count). The van der Waals surface area contributed by atoms with Crippen molar-refractivity contribution in [1.29, 1.82) is 0 Å². The number of nitrogens with zero attached hydrogens (tertiary/aromatic N) is 1. The van der Waals surface area contributed by atoms with Crippen LogP contribution in [0.4, 0.5) is 0 Å². The Morgan fingerprint density at radius 1 is 1.13 bits per heavy atom. The summed E-state index contributed by atoms with van der Waals surface area (Å²) in [6.45, 7) is 9.81. The lowest BCUT2D eigenvalue weighted by Crippen LogP contribution is -2.41. The van der Waals surface area contributed by atoms with Gasteiger partial charge in [-0.2, -0.15) is 0 Å². The van der Waals surface area contributed by atoms with Crippen molar-refractivity contribution < 1.29 is 14.1 Å². The van der Waals surface area contributed by atoms with Crippen LogP contribution < -0.4 is 0 Å². The van der Waals surface area contributed by atoms with E-state index in [2.05, 4.69) is 33.8 Å². The van der Waals surface area contributed by atoms with E-state index >= 15 is 0 Å². The summed E-state index contributed by atoms with van der Waals surface area (Å²) in [4.78, 5) is 14.6. The number of hydrogen-bond acceptors (Lipinski definition) is 3. The smallest absolute Gasteiger partial charge is 0.400 e. The predicted molar refractivity (Wildman–Crippen MR) is 91.9 cm³/mol. The highest BCUT2D eigenvalue weighted by Gasteiger charge is 2.52. The lowest BCUT2D eigenvalue weighted by atomic mass is 9.74. The van der Waals surface area contributed by atoms with Crippen molar-refractivity contribution in [3.05, 3.63) is 11.5 Å². The first kappa shape index (κ1) is 17.0. The molecule has 1 amide bonds. The molecule has 0 spiro atoms. The van der Waals surface area contributed by atoms with Gasteiger partial charge in [0, 0.05) is 19.0 Å². The van der Waals surface area contributed by atoms with E-state index < -0.39 is 0 Å². The van der Waals surface area contributed by atoms with Gasteiger partial charge in [0.2, 0.25) is 5.91 Å². The van der Waals surface area contributed by atoms with Crippen LogP contribution in [0.1, 0.15) is 66.2 Å². The third-order valence-corrected chi connectivity index (χ3v) is 6.07. The lowest BCUT2D eigenvalue weighted by molar-refractivity contribution is -0.136. The Bertz CT molecular complexity index is 478. The molecule has 0 atom stereocenters. The van der Waals surface area contributed by atoms with E-state index in [0.717, 1.165) is 25.8 Å². The number of carbonyl (C=O) groups excluding carboxylic acids is 1. The quantitative estimate of drug-likeness (QED) is 0.733. The third-order valence-electron chi connectivity index (χ3n) is 6.07. The topological polar surface area (TPSA) is 38.8 Å². The monoisotopic (exact) mass is 319 g/mol. The van der Waals surface area contributed by atoms with Gasteiger partial charge < -0.3 is 14.2 Å². The predicted octanol–water partition coefficient (Wildman–Crippen LogP) is 3.36. The van der Waals surface area contributed by atoms with Crippen LogP contribution in [0.5, 0.6) is 0 Å². The van der Waals surface area contributed by atoms with Crippen molar-refractivity contribution in [2.45, 2.75) is 77.4 Å². The second-order valence-corrected chi connectivity index (χ2v) is 8.24. The Balaban J connectivity index is 1.59. The second kappa shape index (κ2) is 6.25. The van der Waals surface area contributed by atoms with Crippen LogP contribution in [0.3, 0.4) is 0 Å². The van der Waals surface area contributed by atoms with E-state index in [0.29, 0.717) is 12.5 Å². The van der Waals surface area contributed by atoms with Gasteiger partial charge in [-0.3, -0.25) is 4.79 Å². The zero-order valence-electron chi connectivity index (χ0n) is 15.1. The highest BCUT2D eigenvalue weighted by molar-refractivity contribution is 6.54. The second-order valence-electron chi connectivity index (χ2n) is 8.24. The van der Waals surface area contributed by atoms with E-state index in [1.807, 2.05) is 4.90 Å². The fourth-order valence-electron chi connectivity index (χ4n) is 3.70. The van der Waals surface area contributed by atoms with E-state index in [1.54, 1.807) is 0 Å². The molecule has 1 saturated carbocycles. The van der Waals surface area contributed by atoms with Crippen LogP contribution in [0.25, 0.3) is 0 Å². The van der Waals surface area contributed by atoms with E-state index in [1.165, 1.54) is 24.7 Å². The highest BCUT2D eigenvalue weighted by atomic mass is 16.7. The van der Waals surface area contributed by atoms with Gasteiger partial charge in [0.15, 0.2) is 0 Å². The first-order valence-electron chi connectivity index (χ1n) is 9.13. The number of rotatable bonds is 2. The molecule has 0 aromatic heterocycles. The fraction of sp³-hybridized carbons (Fsp3) is 0.833. The molecule has 23 heavy (non-hydrogen) atoms. The maximum Gasteiger partial charge on any atom is 0.490 e. The summed E-state index contributed by atoms with van der Waals surface area (Å²) < 4.78 is 12.2. The Hall–Kier alpha value is -0.805. The molecular weight excluding hydrogens is 289 g/mol. The molecule has 128 valence electrons. The van der Waals surface area contributed by atoms with Gasteiger partial charge in [0.05, 0.1) is 11.2 Å². The van der Waals surface area contributed by atoms with E-state index in [4.69, 9.17) is 9.31 Å². The largest absolute Gasteiger partial charge is 0.490 e. The summed E-state index contributed by atoms with van der Waals surface area (Å²) in [6, 6.07) is 0. The summed E-state index contributed by atoms with van der Waals surface area (Å²) in [5.74, 6) is 0.615. The molecule has 0 bridgehead atoms. The maximum atomic E-state index is 12.6. The van der Waals surface area contributed by atoms with Crippen LogP contribution >= 0.6 is 0 Å². The molecule has 4 nitrogen and oxygen atoms in total. The summed E-state index contributed by atoms with van der Waals surface area (Å²) in [7, 11) is -0.257. The minimum Gasteiger partial charge on any atom is -0.400 e. The molecule has 0 aromatic rings. The standard InChI is InChI=1S/C18H30BNO3/c1-17(2)18(3,4)23-19(22-17)15-10-12-20(13-11-15)16(21)14-8-6-5-7-9-14/h10,14H,5-9,11-13H2,1-4H3. The van der Waals surface area contributed by atoms with Crippen LogP contribution in [-0.4, -0.2) is 42.2 Å². The normalized spacial score (nSPS) is 27.9. The first-order valence-corrected chi connectivity index (χ1v) is 9.13. The van der Waals surface area contributed by atoms with Gasteiger partial charge in [0.1, 0.15) is 0 Å². The van der Waals surface area contributed by atoms with Crippen molar-refractivity contribution >= 4 is 13.0 Å². The minimum absolute atomic E-state index is 0.257. The molecule has 1 aliphatic carbocycles. The van der Waals surface area contributed by atoms with Crippen molar-refractivity contribution in [1.82, 2.24) is 4.90 Å². The Morgan fingerprint density at radius 2 is 1.74 bits per heavy atom. The third kappa shape index (κ3) is 3.36. The molecule has 5 heteroatoms. The number of carbonyl (C=O) groups is 1. The number of amides is 1. The maximum absolute atomic E-state index is 12.6. The van der Waals surface area contributed by atoms with Crippen molar-refractivity contribution in [2.24, 2.45) is 5.92 Å². The summed E-state index contributed by atoms with van der Waals surface area (Å²) in [5.41, 5.74) is 0.595. The molecule has 0 radical (unpaired) electrons. The van der Waals surface area contributed by atoms with E-state index in [9.17, 15) is 4.79 Å². The van der Waals surface area contributed by atoms with E-state index in [-0.39, 0.29) is 24.2 Å². The molecule has 0 aromatic carbocycles. The van der Waals surface area contributed by atoms with Crippen LogP contribution in [0.2, 0.25) is 0 Å². The van der Waals surface area contributed by atoms with Gasteiger partial charge in [-0.1, -0.05) is 25.3 Å². The molecular formula is C18H30BNO3. The Kier molecular flexibility index (Phi) is 4.63. The fourth-order valence-corrected chi connectivity index (χ4v) is 3.70. The highest BCUT2D eigenvalue weighted by Crippen LogP contribution is 2.39. The van der Waals surface area contributed by atoms with Crippen LogP contribution in [0, 0.1) is 5.92 Å². The van der Waals surface area contributed by atoms with Gasteiger partial charge in [0.25, 0.3) is 0 Å². The van der Waals surface area contributed by atoms with Crippen molar-refractivity contribution in [3.8, 4) is 0 Å². The molecule has 2 fully saturated rings. The molecule has 2 aliphatic heterocycles. The average molecular weight is 319 g/mol. The Morgan fingerprint density at radius 3 is 2.26 bits per heavy atom. The lowest BCUT2D eigenvalue weighted by Gasteiger charge is -2.32. The van der Waals surface area contributed by atoms with Gasteiger partial charge in [-0.05, 0) is 52.4 Å². The molecule has 2 heterocycles. The van der Waals surface area contributed by atoms with Gasteiger partial charge >= 0.3 is 7.12 Å². The molecule has 0 N–H and O–H groups in total. The summed E-state index contributed by atoms with van der Waals surface area (Å²) >= 11 is 0. The molecule has 3 aliphatic rings. The van der Waals surface area contributed by atoms with Crippen molar-refractivity contribution in [2.75, 3.05) is 13.1 Å².